The van der Waals surface area contributed by atoms with Gasteiger partial charge in [-0.2, -0.15) is 0 Å². The molecule has 0 saturated carbocycles. The topological polar surface area (TPSA) is 53.4 Å². The van der Waals surface area contributed by atoms with Crippen molar-refractivity contribution in [2.45, 2.75) is 32.2 Å². The molecule has 0 bridgehead atoms. The molecule has 4 rings (SSSR count). The van der Waals surface area contributed by atoms with E-state index in [0.29, 0.717) is 22.4 Å². The van der Waals surface area contributed by atoms with Gasteiger partial charge < -0.3 is 9.47 Å². The predicted octanol–water partition coefficient (Wildman–Crippen LogP) is 2.27. The second kappa shape index (κ2) is 4.98. The van der Waals surface area contributed by atoms with Gasteiger partial charge in [-0.3, -0.25) is 9.36 Å². The molecule has 0 fully saturated rings. The molecule has 0 amide bonds. The van der Waals surface area contributed by atoms with Crippen LogP contribution in [0.4, 0.5) is 0 Å². The number of rotatable bonds is 0. The van der Waals surface area contributed by atoms with Crippen molar-refractivity contribution < 1.29 is 9.47 Å². The van der Waals surface area contributed by atoms with E-state index in [4.69, 9.17) is 9.47 Å². The summed E-state index contributed by atoms with van der Waals surface area (Å²) in [6.45, 7) is 0.984. The fraction of sp³-hybridized carbons (Fsp3) is 0.429. The highest BCUT2D eigenvalue weighted by Gasteiger charge is 2.19. The SMILES string of the molecule is Cl.O=c1c2cc3c(cc2nc2n1CCCCC2)OCO3. The summed E-state index contributed by atoms with van der Waals surface area (Å²) in [5.41, 5.74) is 0.752. The first kappa shape index (κ1) is 13.2. The van der Waals surface area contributed by atoms with Crippen LogP contribution in [-0.4, -0.2) is 16.3 Å². The Balaban J connectivity index is 0.00000121. The number of ether oxygens (including phenoxy) is 2. The van der Waals surface area contributed by atoms with Crippen molar-refractivity contribution in [3.8, 4) is 11.5 Å². The van der Waals surface area contributed by atoms with E-state index in [1.807, 2.05) is 10.6 Å². The molecule has 2 aliphatic rings. The Kier molecular flexibility index (Phi) is 3.30. The van der Waals surface area contributed by atoms with Crippen LogP contribution in [0.5, 0.6) is 11.5 Å². The van der Waals surface area contributed by atoms with Crippen molar-refractivity contribution >= 4 is 23.3 Å². The lowest BCUT2D eigenvalue weighted by Gasteiger charge is -2.10. The molecule has 2 aromatic rings. The fourth-order valence-electron chi connectivity index (χ4n) is 2.81. The minimum absolute atomic E-state index is 0. The maximum Gasteiger partial charge on any atom is 0.261 e. The Morgan fingerprint density at radius 2 is 1.90 bits per heavy atom. The third-order valence-electron chi connectivity index (χ3n) is 3.81. The molecule has 3 heterocycles. The molecule has 1 aromatic carbocycles. The smallest absolute Gasteiger partial charge is 0.261 e. The van der Waals surface area contributed by atoms with E-state index in [1.165, 1.54) is 0 Å². The van der Waals surface area contributed by atoms with Crippen LogP contribution in [-0.2, 0) is 13.0 Å². The second-order valence-electron chi connectivity index (χ2n) is 5.02. The highest BCUT2D eigenvalue weighted by Crippen LogP contribution is 2.34. The molecule has 106 valence electrons. The van der Waals surface area contributed by atoms with Crippen LogP contribution in [0.3, 0.4) is 0 Å². The largest absolute Gasteiger partial charge is 0.454 e. The molecule has 20 heavy (non-hydrogen) atoms. The zero-order valence-corrected chi connectivity index (χ0v) is 11.7. The van der Waals surface area contributed by atoms with Crippen molar-refractivity contribution in [2.24, 2.45) is 0 Å². The third-order valence-corrected chi connectivity index (χ3v) is 3.81. The number of benzene rings is 1. The van der Waals surface area contributed by atoms with Gasteiger partial charge in [0.25, 0.3) is 5.56 Å². The predicted molar refractivity (Wildman–Crippen MR) is 76.9 cm³/mol. The number of halogens is 1. The van der Waals surface area contributed by atoms with Gasteiger partial charge in [-0.15, -0.1) is 12.4 Å². The number of hydrogen-bond acceptors (Lipinski definition) is 4. The zero-order valence-electron chi connectivity index (χ0n) is 10.9. The summed E-state index contributed by atoms with van der Waals surface area (Å²) in [6.07, 6.45) is 4.18. The summed E-state index contributed by atoms with van der Waals surface area (Å²) in [5.74, 6) is 2.22. The van der Waals surface area contributed by atoms with E-state index >= 15 is 0 Å². The monoisotopic (exact) mass is 294 g/mol. The lowest BCUT2D eigenvalue weighted by Crippen LogP contribution is -2.24. The van der Waals surface area contributed by atoms with Gasteiger partial charge in [0.15, 0.2) is 11.5 Å². The first-order valence-electron chi connectivity index (χ1n) is 6.66. The van der Waals surface area contributed by atoms with Gasteiger partial charge in [-0.1, -0.05) is 6.42 Å². The highest BCUT2D eigenvalue weighted by atomic mass is 35.5. The summed E-state index contributed by atoms with van der Waals surface area (Å²) < 4.78 is 12.5. The summed E-state index contributed by atoms with van der Waals surface area (Å²) in [5, 5.41) is 0.620. The van der Waals surface area contributed by atoms with Gasteiger partial charge >= 0.3 is 0 Å². The molecular formula is C14H15ClN2O3. The Morgan fingerprint density at radius 3 is 2.75 bits per heavy atom. The van der Waals surface area contributed by atoms with Crippen LogP contribution in [0.2, 0.25) is 0 Å². The summed E-state index contributed by atoms with van der Waals surface area (Å²) in [4.78, 5) is 17.2. The minimum Gasteiger partial charge on any atom is -0.454 e. The van der Waals surface area contributed by atoms with Gasteiger partial charge in [0.2, 0.25) is 6.79 Å². The number of aromatic nitrogens is 2. The van der Waals surface area contributed by atoms with Crippen LogP contribution in [0, 0.1) is 0 Å². The lowest BCUT2D eigenvalue weighted by atomic mass is 10.2. The molecule has 1 aromatic heterocycles. The highest BCUT2D eigenvalue weighted by molar-refractivity contribution is 5.85. The van der Waals surface area contributed by atoms with Gasteiger partial charge in [0.1, 0.15) is 5.82 Å². The molecule has 0 saturated heterocycles. The summed E-state index contributed by atoms with van der Waals surface area (Å²) in [7, 11) is 0. The van der Waals surface area contributed by atoms with Crippen molar-refractivity contribution in [1.29, 1.82) is 0 Å². The van der Waals surface area contributed by atoms with E-state index in [9.17, 15) is 4.79 Å². The van der Waals surface area contributed by atoms with Gasteiger partial charge in [0.05, 0.1) is 10.9 Å². The van der Waals surface area contributed by atoms with Crippen LogP contribution in [0.1, 0.15) is 25.1 Å². The van der Waals surface area contributed by atoms with Crippen LogP contribution < -0.4 is 15.0 Å². The molecule has 0 radical (unpaired) electrons. The lowest BCUT2D eigenvalue weighted by molar-refractivity contribution is 0.174. The van der Waals surface area contributed by atoms with Crippen molar-refractivity contribution in [2.75, 3.05) is 6.79 Å². The van der Waals surface area contributed by atoms with Gasteiger partial charge in [0, 0.05) is 19.0 Å². The zero-order chi connectivity index (χ0) is 12.8. The van der Waals surface area contributed by atoms with Crippen molar-refractivity contribution in [3.63, 3.8) is 0 Å². The third kappa shape index (κ3) is 1.93. The maximum absolute atomic E-state index is 12.6. The van der Waals surface area contributed by atoms with Gasteiger partial charge in [-0.25, -0.2) is 4.98 Å². The molecule has 0 aliphatic carbocycles. The first-order chi connectivity index (χ1) is 9.33. The van der Waals surface area contributed by atoms with E-state index in [-0.39, 0.29) is 24.8 Å². The second-order valence-corrected chi connectivity index (χ2v) is 5.02. The van der Waals surface area contributed by atoms with Crippen molar-refractivity contribution in [3.05, 3.63) is 28.3 Å². The first-order valence-corrected chi connectivity index (χ1v) is 6.66. The quantitative estimate of drug-likeness (QED) is 0.748. The number of fused-ring (bicyclic) bond motifs is 3. The van der Waals surface area contributed by atoms with Crippen molar-refractivity contribution in [1.82, 2.24) is 9.55 Å². The van der Waals surface area contributed by atoms with Crippen LogP contribution >= 0.6 is 12.4 Å². The number of hydrogen-bond donors (Lipinski definition) is 0. The van der Waals surface area contributed by atoms with E-state index in [1.54, 1.807) is 6.07 Å². The van der Waals surface area contributed by atoms with Crippen LogP contribution in [0.25, 0.3) is 10.9 Å². The van der Waals surface area contributed by atoms with E-state index in [0.717, 1.165) is 38.1 Å². The fourth-order valence-corrected chi connectivity index (χ4v) is 2.81. The van der Waals surface area contributed by atoms with Gasteiger partial charge in [-0.05, 0) is 18.9 Å². The molecule has 0 atom stereocenters. The average molecular weight is 295 g/mol. The van der Waals surface area contributed by atoms with Crippen LogP contribution in [0.15, 0.2) is 16.9 Å². The molecule has 6 heteroatoms. The standard InChI is InChI=1S/C14H14N2O3.ClH/c17-14-9-6-11-12(19-8-18-11)7-10(9)15-13-4-2-1-3-5-16(13)14;/h6-7H,1-5,8H2;1H. The Morgan fingerprint density at radius 1 is 1.10 bits per heavy atom. The Labute approximate surface area is 121 Å². The molecule has 5 nitrogen and oxygen atoms in total. The molecular weight excluding hydrogens is 280 g/mol. The molecule has 2 aliphatic heterocycles. The van der Waals surface area contributed by atoms with E-state index < -0.39 is 0 Å². The van der Waals surface area contributed by atoms with E-state index in [2.05, 4.69) is 4.98 Å². The average Bonchev–Trinajstić information content (AvgIpc) is 2.73. The molecule has 0 N–H and O–H groups in total. The molecule has 0 spiro atoms. The Bertz CT molecular complexity index is 726. The number of aryl methyl sites for hydroxylation is 1. The number of nitrogens with zero attached hydrogens (tertiary/aromatic N) is 2. The summed E-state index contributed by atoms with van der Waals surface area (Å²) in [6, 6.07) is 3.57. The molecule has 0 unspecified atom stereocenters. The minimum atomic E-state index is 0. The summed E-state index contributed by atoms with van der Waals surface area (Å²) >= 11 is 0. The maximum atomic E-state index is 12.6. The Hall–Kier alpha value is -1.75. The normalized spacial score (nSPS) is 16.4.